The molecule has 0 unspecified atom stereocenters. The number of hydrogen-bond donors (Lipinski definition) is 0. The maximum atomic E-state index is 8.49. The molecule has 0 amide bonds. The molecule has 3 heteroatoms. The van der Waals surface area contributed by atoms with E-state index in [1.165, 1.54) is 0 Å². The van der Waals surface area contributed by atoms with Crippen molar-refractivity contribution in [1.82, 2.24) is 0 Å². The lowest BCUT2D eigenvalue weighted by Gasteiger charge is -1.92. The highest BCUT2D eigenvalue weighted by Crippen LogP contribution is 2.07. The topological polar surface area (TPSA) is 47.6 Å². The van der Waals surface area contributed by atoms with Crippen LogP contribution in [-0.4, -0.2) is 0 Å². The summed E-state index contributed by atoms with van der Waals surface area (Å²) in [6, 6.07) is 20.8. The molecule has 0 aliphatic rings. The fourth-order valence-corrected chi connectivity index (χ4v) is 1.59. The Morgan fingerprint density at radius 1 is 0.833 bits per heavy atom. The van der Waals surface area contributed by atoms with Gasteiger partial charge in [-0.2, -0.15) is 10.5 Å². The fourth-order valence-electron chi connectivity index (χ4n) is 1.24. The van der Waals surface area contributed by atoms with E-state index >= 15 is 0 Å². The van der Waals surface area contributed by atoms with Crippen molar-refractivity contribution in [1.29, 1.82) is 10.5 Å². The van der Waals surface area contributed by atoms with E-state index in [-0.39, 0.29) is 0 Å². The van der Waals surface area contributed by atoms with Gasteiger partial charge < -0.3 is 0 Å². The Labute approximate surface area is 115 Å². The van der Waals surface area contributed by atoms with E-state index in [0.29, 0.717) is 5.56 Å². The van der Waals surface area contributed by atoms with Crippen LogP contribution in [0.2, 0.25) is 0 Å². The Bertz CT molecular complexity index is 565. The van der Waals surface area contributed by atoms with E-state index in [2.05, 4.69) is 22.0 Å². The second-order valence-electron chi connectivity index (χ2n) is 3.42. The second-order valence-corrected chi connectivity index (χ2v) is 3.98. The van der Waals surface area contributed by atoms with Crippen molar-refractivity contribution in [3.05, 3.63) is 71.3 Å². The summed E-state index contributed by atoms with van der Waals surface area (Å²) in [6.45, 7) is 0. The molecule has 0 spiro atoms. The van der Waals surface area contributed by atoms with Crippen LogP contribution in [0.3, 0.4) is 0 Å². The molecule has 0 bridgehead atoms. The van der Waals surface area contributed by atoms with Crippen LogP contribution in [0.1, 0.15) is 16.7 Å². The largest absolute Gasteiger partial charge is 0.192 e. The Morgan fingerprint density at radius 2 is 1.44 bits per heavy atom. The van der Waals surface area contributed by atoms with Crippen molar-refractivity contribution in [3.8, 4) is 12.1 Å². The highest BCUT2D eigenvalue weighted by molar-refractivity contribution is 9.08. The first-order chi connectivity index (χ1) is 8.80. The molecule has 0 heterocycles. The molecular weight excluding hydrogens is 288 g/mol. The van der Waals surface area contributed by atoms with Gasteiger partial charge in [0.05, 0.1) is 23.3 Å². The van der Waals surface area contributed by atoms with E-state index in [1.807, 2.05) is 42.5 Å². The molecule has 0 fully saturated rings. The standard InChI is InChI=1S/C8H6BrN.C7H5N/c9-5-7-2-1-3-8(4-7)6-10;8-6-7-4-2-1-3-5-7/h1-4H,5H2;1-5H. The predicted octanol–water partition coefficient (Wildman–Crippen LogP) is 4.01. The average molecular weight is 299 g/mol. The molecule has 0 radical (unpaired) electrons. The molecule has 2 rings (SSSR count). The zero-order valence-electron chi connectivity index (χ0n) is 9.68. The molecule has 2 aromatic rings. The normalized spacial score (nSPS) is 8.39. The number of rotatable bonds is 1. The van der Waals surface area contributed by atoms with Crippen LogP contribution in [0.4, 0.5) is 0 Å². The van der Waals surface area contributed by atoms with Crippen LogP contribution < -0.4 is 0 Å². The van der Waals surface area contributed by atoms with Gasteiger partial charge in [-0.3, -0.25) is 0 Å². The van der Waals surface area contributed by atoms with Gasteiger partial charge >= 0.3 is 0 Å². The van der Waals surface area contributed by atoms with Crippen molar-refractivity contribution in [3.63, 3.8) is 0 Å². The Morgan fingerprint density at radius 3 is 1.94 bits per heavy atom. The van der Waals surface area contributed by atoms with Crippen LogP contribution in [0.25, 0.3) is 0 Å². The molecule has 0 N–H and O–H groups in total. The lowest BCUT2D eigenvalue weighted by Crippen LogP contribution is -1.78. The first-order valence-electron chi connectivity index (χ1n) is 5.30. The fraction of sp³-hybridized carbons (Fsp3) is 0.0667. The van der Waals surface area contributed by atoms with Gasteiger partial charge in [0.2, 0.25) is 0 Å². The highest BCUT2D eigenvalue weighted by atomic mass is 79.9. The number of alkyl halides is 1. The summed E-state index contributed by atoms with van der Waals surface area (Å²) in [5.74, 6) is 0. The molecule has 88 valence electrons. The summed E-state index contributed by atoms with van der Waals surface area (Å²) in [7, 11) is 0. The lowest BCUT2D eigenvalue weighted by molar-refractivity contribution is 1.40. The van der Waals surface area contributed by atoms with Gasteiger partial charge in [0.1, 0.15) is 0 Å². The summed E-state index contributed by atoms with van der Waals surface area (Å²) in [5.41, 5.74) is 2.57. The third kappa shape index (κ3) is 4.82. The number of benzene rings is 2. The van der Waals surface area contributed by atoms with Crippen molar-refractivity contribution < 1.29 is 0 Å². The third-order valence-corrected chi connectivity index (χ3v) is 2.76. The molecule has 0 saturated heterocycles. The zero-order valence-corrected chi connectivity index (χ0v) is 11.3. The van der Waals surface area contributed by atoms with Crippen LogP contribution in [0.5, 0.6) is 0 Å². The highest BCUT2D eigenvalue weighted by Gasteiger charge is 1.90. The lowest BCUT2D eigenvalue weighted by atomic mass is 10.2. The molecule has 0 aliphatic carbocycles. The molecule has 2 nitrogen and oxygen atoms in total. The first kappa shape index (κ1) is 14.0. The van der Waals surface area contributed by atoms with E-state index in [4.69, 9.17) is 10.5 Å². The van der Waals surface area contributed by atoms with Crippen molar-refractivity contribution in [2.45, 2.75) is 5.33 Å². The van der Waals surface area contributed by atoms with E-state index in [9.17, 15) is 0 Å². The number of nitrogens with zero attached hydrogens (tertiary/aromatic N) is 2. The first-order valence-corrected chi connectivity index (χ1v) is 6.42. The maximum Gasteiger partial charge on any atom is 0.0991 e. The van der Waals surface area contributed by atoms with Gasteiger partial charge in [-0.15, -0.1) is 0 Å². The summed E-state index contributed by atoms with van der Waals surface area (Å²) < 4.78 is 0. The molecular formula is C15H11BrN2. The Balaban J connectivity index is 0.000000184. The zero-order chi connectivity index (χ0) is 13.2. The molecule has 0 aliphatic heterocycles. The Hall–Kier alpha value is -2.10. The van der Waals surface area contributed by atoms with E-state index in [1.54, 1.807) is 18.2 Å². The maximum absolute atomic E-state index is 8.49. The van der Waals surface area contributed by atoms with Gasteiger partial charge in [0.25, 0.3) is 0 Å². The summed E-state index contributed by atoms with van der Waals surface area (Å²) >= 11 is 3.31. The number of hydrogen-bond acceptors (Lipinski definition) is 2. The molecule has 0 saturated carbocycles. The SMILES string of the molecule is N#Cc1cccc(CBr)c1.N#Cc1ccccc1. The molecule has 0 aromatic heterocycles. The monoisotopic (exact) mass is 298 g/mol. The van der Waals surface area contributed by atoms with Crippen LogP contribution >= 0.6 is 15.9 Å². The molecule has 0 atom stereocenters. The third-order valence-electron chi connectivity index (χ3n) is 2.11. The van der Waals surface area contributed by atoms with Crippen LogP contribution in [0.15, 0.2) is 54.6 Å². The Kier molecular flexibility index (Phi) is 6.25. The average Bonchev–Trinajstić information content (AvgIpc) is 2.48. The molecule has 18 heavy (non-hydrogen) atoms. The van der Waals surface area contributed by atoms with Crippen molar-refractivity contribution in [2.24, 2.45) is 0 Å². The van der Waals surface area contributed by atoms with Gasteiger partial charge in [-0.25, -0.2) is 0 Å². The smallest absolute Gasteiger partial charge is 0.0991 e. The van der Waals surface area contributed by atoms with Gasteiger partial charge in [0.15, 0.2) is 0 Å². The van der Waals surface area contributed by atoms with Crippen molar-refractivity contribution in [2.75, 3.05) is 0 Å². The number of halogens is 1. The van der Waals surface area contributed by atoms with Gasteiger partial charge in [-0.05, 0) is 29.8 Å². The summed E-state index contributed by atoms with van der Waals surface area (Å²) in [6.07, 6.45) is 0. The minimum atomic E-state index is 0.715. The minimum absolute atomic E-state index is 0.715. The van der Waals surface area contributed by atoms with Crippen molar-refractivity contribution >= 4 is 15.9 Å². The molecule has 2 aromatic carbocycles. The predicted molar refractivity (Wildman–Crippen MR) is 74.9 cm³/mol. The van der Waals surface area contributed by atoms with Gasteiger partial charge in [0, 0.05) is 5.33 Å². The van der Waals surface area contributed by atoms with Gasteiger partial charge in [-0.1, -0.05) is 46.3 Å². The minimum Gasteiger partial charge on any atom is -0.192 e. The van der Waals surface area contributed by atoms with Crippen LogP contribution in [0, 0.1) is 22.7 Å². The second kappa shape index (κ2) is 8.06. The number of nitriles is 2. The summed E-state index contributed by atoms with van der Waals surface area (Å²) in [5, 5.41) is 17.6. The van der Waals surface area contributed by atoms with E-state index < -0.39 is 0 Å². The summed E-state index contributed by atoms with van der Waals surface area (Å²) in [4.78, 5) is 0. The quantitative estimate of drug-likeness (QED) is 0.747. The van der Waals surface area contributed by atoms with Crippen LogP contribution in [-0.2, 0) is 5.33 Å². The van der Waals surface area contributed by atoms with E-state index in [0.717, 1.165) is 16.5 Å².